The molecule has 1 rings (SSSR count). The molecule has 0 aromatic heterocycles. The van der Waals surface area contributed by atoms with Gasteiger partial charge in [-0.2, -0.15) is 0 Å². The number of aliphatic hydroxyl groups is 1. The Morgan fingerprint density at radius 2 is 2.23 bits per heavy atom. The van der Waals surface area contributed by atoms with Gasteiger partial charge in [-0.3, -0.25) is 0 Å². The van der Waals surface area contributed by atoms with Crippen molar-refractivity contribution in [1.29, 1.82) is 0 Å². The molecule has 0 atom stereocenters. The van der Waals surface area contributed by atoms with E-state index in [1.165, 1.54) is 5.57 Å². The van der Waals surface area contributed by atoms with E-state index in [-0.39, 0.29) is 0 Å². The van der Waals surface area contributed by atoms with Crippen LogP contribution < -0.4 is 0 Å². The van der Waals surface area contributed by atoms with E-state index in [0.29, 0.717) is 6.54 Å². The summed E-state index contributed by atoms with van der Waals surface area (Å²) in [6.45, 7) is 7.48. The van der Waals surface area contributed by atoms with Gasteiger partial charge in [0.1, 0.15) is 0 Å². The van der Waals surface area contributed by atoms with E-state index in [1.807, 2.05) is 13.8 Å². The second kappa shape index (κ2) is 3.97. The highest BCUT2D eigenvalue weighted by Gasteiger charge is 2.15. The Bertz CT molecular complexity index is 223. The molecule has 0 unspecified atom stereocenters. The molecule has 0 fully saturated rings. The number of β-amino-alcohol motifs (C(OH)–C–C–N with tert-alkyl or cyclic N) is 1. The average molecular weight is 181 g/mol. The van der Waals surface area contributed by atoms with Gasteiger partial charge in [0.25, 0.3) is 0 Å². The Balaban J connectivity index is 2.51. The minimum atomic E-state index is -0.609. The zero-order valence-corrected chi connectivity index (χ0v) is 8.75. The minimum Gasteiger partial charge on any atom is -0.389 e. The van der Waals surface area contributed by atoms with Crippen molar-refractivity contribution in [2.45, 2.75) is 32.8 Å². The molecule has 1 heterocycles. The van der Waals surface area contributed by atoms with Crippen LogP contribution in [0.2, 0.25) is 0 Å². The lowest BCUT2D eigenvalue weighted by atomic mass is 10.1. The van der Waals surface area contributed by atoms with E-state index in [9.17, 15) is 5.11 Å². The van der Waals surface area contributed by atoms with E-state index in [1.54, 1.807) is 0 Å². The highest BCUT2D eigenvalue weighted by molar-refractivity contribution is 5.17. The van der Waals surface area contributed by atoms with Gasteiger partial charge in [-0.15, -0.1) is 0 Å². The molecule has 0 radical (unpaired) electrons. The molecule has 0 spiro atoms. The van der Waals surface area contributed by atoms with Gasteiger partial charge in [0.05, 0.1) is 5.60 Å². The third kappa shape index (κ3) is 4.13. The van der Waals surface area contributed by atoms with Crippen molar-refractivity contribution in [2.24, 2.45) is 0 Å². The van der Waals surface area contributed by atoms with Crippen LogP contribution in [0.1, 0.15) is 27.2 Å². The predicted octanol–water partition coefficient (Wildman–Crippen LogP) is 1.92. The number of rotatable bonds is 2. The van der Waals surface area contributed by atoms with Crippen LogP contribution in [-0.4, -0.2) is 28.7 Å². The SMILES string of the molecule is CC1=CCCN(CC(C)(C)O)C=C1. The third-order valence-electron chi connectivity index (χ3n) is 2.02. The summed E-state index contributed by atoms with van der Waals surface area (Å²) in [5, 5.41) is 9.64. The van der Waals surface area contributed by atoms with Crippen LogP contribution in [-0.2, 0) is 0 Å². The fourth-order valence-electron chi connectivity index (χ4n) is 1.45. The zero-order chi connectivity index (χ0) is 9.90. The Hall–Kier alpha value is -0.760. The second-order valence-corrected chi connectivity index (χ2v) is 4.34. The van der Waals surface area contributed by atoms with Crippen molar-refractivity contribution in [3.05, 3.63) is 23.9 Å². The Morgan fingerprint density at radius 3 is 2.85 bits per heavy atom. The van der Waals surface area contributed by atoms with Crippen molar-refractivity contribution >= 4 is 0 Å². The molecule has 2 nitrogen and oxygen atoms in total. The summed E-state index contributed by atoms with van der Waals surface area (Å²) in [6, 6.07) is 0. The predicted molar refractivity (Wildman–Crippen MR) is 55.4 cm³/mol. The Kier molecular flexibility index (Phi) is 3.15. The lowest BCUT2D eigenvalue weighted by Gasteiger charge is -2.26. The molecule has 74 valence electrons. The van der Waals surface area contributed by atoms with Crippen molar-refractivity contribution < 1.29 is 5.11 Å². The summed E-state index contributed by atoms with van der Waals surface area (Å²) in [5.74, 6) is 0. The molecule has 1 aliphatic heterocycles. The molecule has 0 aromatic carbocycles. The average Bonchev–Trinajstić information content (AvgIpc) is 2.12. The van der Waals surface area contributed by atoms with Gasteiger partial charge in [-0.1, -0.05) is 11.6 Å². The molecular weight excluding hydrogens is 162 g/mol. The van der Waals surface area contributed by atoms with E-state index in [4.69, 9.17) is 0 Å². The summed E-state index contributed by atoms with van der Waals surface area (Å²) in [7, 11) is 0. The molecule has 0 aromatic rings. The van der Waals surface area contributed by atoms with E-state index < -0.39 is 5.60 Å². The quantitative estimate of drug-likeness (QED) is 0.703. The molecule has 0 aliphatic carbocycles. The molecule has 1 aliphatic rings. The van der Waals surface area contributed by atoms with Gasteiger partial charge >= 0.3 is 0 Å². The monoisotopic (exact) mass is 181 g/mol. The van der Waals surface area contributed by atoms with Gasteiger partial charge in [0.2, 0.25) is 0 Å². The Labute approximate surface area is 80.6 Å². The van der Waals surface area contributed by atoms with Gasteiger partial charge < -0.3 is 10.0 Å². The first kappa shape index (κ1) is 10.3. The fourth-order valence-corrected chi connectivity index (χ4v) is 1.45. The highest BCUT2D eigenvalue weighted by atomic mass is 16.3. The van der Waals surface area contributed by atoms with Gasteiger partial charge in [0.15, 0.2) is 0 Å². The first-order valence-electron chi connectivity index (χ1n) is 4.79. The van der Waals surface area contributed by atoms with Crippen LogP contribution >= 0.6 is 0 Å². The van der Waals surface area contributed by atoms with Gasteiger partial charge in [0, 0.05) is 13.1 Å². The largest absolute Gasteiger partial charge is 0.389 e. The zero-order valence-electron chi connectivity index (χ0n) is 8.75. The number of hydrogen-bond acceptors (Lipinski definition) is 2. The lowest BCUT2D eigenvalue weighted by molar-refractivity contribution is 0.0512. The molecular formula is C11H19NO. The molecule has 0 saturated carbocycles. The van der Waals surface area contributed by atoms with Crippen molar-refractivity contribution in [3.63, 3.8) is 0 Å². The van der Waals surface area contributed by atoms with Crippen LogP contribution in [0.5, 0.6) is 0 Å². The van der Waals surface area contributed by atoms with Gasteiger partial charge in [-0.25, -0.2) is 0 Å². The topological polar surface area (TPSA) is 23.5 Å². The number of hydrogen-bond donors (Lipinski definition) is 1. The third-order valence-corrected chi connectivity index (χ3v) is 2.02. The van der Waals surface area contributed by atoms with Crippen LogP contribution in [0.3, 0.4) is 0 Å². The van der Waals surface area contributed by atoms with Crippen molar-refractivity contribution in [3.8, 4) is 0 Å². The normalized spacial score (nSPS) is 18.5. The van der Waals surface area contributed by atoms with Crippen LogP contribution in [0.25, 0.3) is 0 Å². The highest BCUT2D eigenvalue weighted by Crippen LogP contribution is 2.11. The second-order valence-electron chi connectivity index (χ2n) is 4.34. The maximum atomic E-state index is 9.64. The number of nitrogens with zero attached hydrogens (tertiary/aromatic N) is 1. The van der Waals surface area contributed by atoms with Gasteiger partial charge in [-0.05, 0) is 39.5 Å². The first-order chi connectivity index (χ1) is 5.97. The Morgan fingerprint density at radius 1 is 1.54 bits per heavy atom. The van der Waals surface area contributed by atoms with E-state index in [0.717, 1.165) is 13.0 Å². The molecule has 0 saturated heterocycles. The van der Waals surface area contributed by atoms with Crippen LogP contribution in [0, 0.1) is 0 Å². The van der Waals surface area contributed by atoms with Crippen molar-refractivity contribution in [2.75, 3.05) is 13.1 Å². The van der Waals surface area contributed by atoms with E-state index in [2.05, 4.69) is 30.2 Å². The van der Waals surface area contributed by atoms with E-state index >= 15 is 0 Å². The van der Waals surface area contributed by atoms with Crippen molar-refractivity contribution in [1.82, 2.24) is 4.90 Å². The summed E-state index contributed by atoms with van der Waals surface area (Å²) < 4.78 is 0. The summed E-state index contributed by atoms with van der Waals surface area (Å²) >= 11 is 0. The summed E-state index contributed by atoms with van der Waals surface area (Å²) in [5.41, 5.74) is 0.695. The first-order valence-corrected chi connectivity index (χ1v) is 4.79. The van der Waals surface area contributed by atoms with Crippen LogP contribution in [0.4, 0.5) is 0 Å². The fraction of sp³-hybridized carbons (Fsp3) is 0.636. The minimum absolute atomic E-state index is 0.609. The number of allylic oxidation sites excluding steroid dienone is 2. The maximum absolute atomic E-state index is 9.64. The summed E-state index contributed by atoms with van der Waals surface area (Å²) in [6.07, 6.45) is 7.45. The molecule has 0 bridgehead atoms. The van der Waals surface area contributed by atoms with Crippen LogP contribution in [0.15, 0.2) is 23.9 Å². The molecule has 13 heavy (non-hydrogen) atoms. The standard InChI is InChI=1S/C11H19NO/c1-10-5-4-7-12(8-6-10)9-11(2,3)13/h5-6,8,13H,4,7,9H2,1-3H3. The molecule has 2 heteroatoms. The molecule has 0 amide bonds. The lowest BCUT2D eigenvalue weighted by Crippen LogP contribution is -2.35. The smallest absolute Gasteiger partial charge is 0.0765 e. The summed E-state index contributed by atoms with van der Waals surface area (Å²) in [4.78, 5) is 2.16. The maximum Gasteiger partial charge on any atom is 0.0765 e. The molecule has 1 N–H and O–H groups in total.